The van der Waals surface area contributed by atoms with E-state index in [9.17, 15) is 13.2 Å². The van der Waals surface area contributed by atoms with Gasteiger partial charge in [0.15, 0.2) is 0 Å². The molecule has 1 atom stereocenters. The summed E-state index contributed by atoms with van der Waals surface area (Å²) in [6.45, 7) is 0. The number of alkyl halides is 3. The van der Waals surface area contributed by atoms with Crippen molar-refractivity contribution in [2.75, 3.05) is 0 Å². The van der Waals surface area contributed by atoms with E-state index < -0.39 is 12.2 Å². The Morgan fingerprint density at radius 3 is 2.44 bits per heavy atom. The quantitative estimate of drug-likeness (QED) is 0.847. The minimum atomic E-state index is -4.31. The number of hydrogen-bond acceptors (Lipinski definition) is 1. The summed E-state index contributed by atoms with van der Waals surface area (Å²) in [6, 6.07) is 5.54. The second kappa shape index (κ2) is 4.09. The summed E-state index contributed by atoms with van der Waals surface area (Å²) in [5.41, 5.74) is 6.94. The molecule has 0 bridgehead atoms. The molecule has 1 aliphatic carbocycles. The summed E-state index contributed by atoms with van der Waals surface area (Å²) in [6.07, 6.45) is -2.26. The molecular weight excluding hydrogens is 215 g/mol. The monoisotopic (exact) mass is 229 g/mol. The molecule has 0 saturated heterocycles. The van der Waals surface area contributed by atoms with Crippen LogP contribution in [0.3, 0.4) is 0 Å². The van der Waals surface area contributed by atoms with Gasteiger partial charge in [0.1, 0.15) is 6.04 Å². The van der Waals surface area contributed by atoms with Crippen LogP contribution in [0.5, 0.6) is 0 Å². The molecule has 1 aromatic carbocycles. The summed E-state index contributed by atoms with van der Waals surface area (Å²) in [7, 11) is 0. The van der Waals surface area contributed by atoms with Crippen molar-refractivity contribution in [3.63, 3.8) is 0 Å². The Hall–Kier alpha value is -1.03. The van der Waals surface area contributed by atoms with Crippen molar-refractivity contribution in [3.8, 4) is 0 Å². The summed E-state index contributed by atoms with van der Waals surface area (Å²) >= 11 is 0. The Morgan fingerprint density at radius 2 is 1.88 bits per heavy atom. The molecule has 0 radical (unpaired) electrons. The molecule has 0 aromatic heterocycles. The van der Waals surface area contributed by atoms with Crippen molar-refractivity contribution in [3.05, 3.63) is 35.4 Å². The number of benzene rings is 1. The lowest BCUT2D eigenvalue weighted by Gasteiger charge is -2.17. The van der Waals surface area contributed by atoms with Gasteiger partial charge >= 0.3 is 6.18 Å². The second-order valence-electron chi connectivity index (χ2n) is 4.33. The molecule has 1 aliphatic rings. The van der Waals surface area contributed by atoms with Crippen molar-refractivity contribution >= 4 is 0 Å². The molecule has 0 aliphatic heterocycles. The smallest absolute Gasteiger partial charge is 0.320 e. The average molecular weight is 229 g/mol. The molecule has 1 saturated carbocycles. The standard InChI is InChI=1S/C12H14F3N/c13-12(14,15)11(16)7-9-3-1-2-4-10(9)8-5-6-8/h1-4,8,11H,5-7,16H2. The molecule has 1 aromatic rings. The summed E-state index contributed by atoms with van der Waals surface area (Å²) in [5, 5.41) is 0. The molecule has 1 unspecified atom stereocenters. The Balaban J connectivity index is 2.14. The third kappa shape index (κ3) is 2.55. The van der Waals surface area contributed by atoms with Gasteiger partial charge in [-0.05, 0) is 36.3 Å². The molecule has 1 fully saturated rings. The minimum absolute atomic E-state index is 0.115. The molecule has 4 heteroatoms. The van der Waals surface area contributed by atoms with Gasteiger partial charge in [-0.1, -0.05) is 24.3 Å². The van der Waals surface area contributed by atoms with Crippen molar-refractivity contribution < 1.29 is 13.2 Å². The minimum Gasteiger partial charge on any atom is -0.320 e. The topological polar surface area (TPSA) is 26.0 Å². The second-order valence-corrected chi connectivity index (χ2v) is 4.33. The van der Waals surface area contributed by atoms with Crippen LogP contribution < -0.4 is 5.73 Å². The van der Waals surface area contributed by atoms with Gasteiger partial charge in [0.25, 0.3) is 0 Å². The third-order valence-corrected chi connectivity index (χ3v) is 2.93. The highest BCUT2D eigenvalue weighted by Gasteiger charge is 2.37. The van der Waals surface area contributed by atoms with Gasteiger partial charge in [-0.25, -0.2) is 0 Å². The number of halogens is 3. The molecule has 0 amide bonds. The van der Waals surface area contributed by atoms with Crippen LogP contribution in [-0.2, 0) is 6.42 Å². The van der Waals surface area contributed by atoms with E-state index in [1.165, 1.54) is 0 Å². The first-order valence-corrected chi connectivity index (χ1v) is 5.38. The maximum Gasteiger partial charge on any atom is 0.403 e. The highest BCUT2D eigenvalue weighted by Crippen LogP contribution is 2.42. The number of nitrogens with two attached hydrogens (primary N) is 1. The summed E-state index contributed by atoms with van der Waals surface area (Å²) in [4.78, 5) is 0. The van der Waals surface area contributed by atoms with E-state index in [-0.39, 0.29) is 6.42 Å². The summed E-state index contributed by atoms with van der Waals surface area (Å²) in [5.74, 6) is 0.455. The van der Waals surface area contributed by atoms with E-state index in [1.807, 2.05) is 12.1 Å². The van der Waals surface area contributed by atoms with Gasteiger partial charge in [0.05, 0.1) is 0 Å². The molecule has 0 heterocycles. The van der Waals surface area contributed by atoms with Crippen LogP contribution in [0.15, 0.2) is 24.3 Å². The lowest BCUT2D eigenvalue weighted by Crippen LogP contribution is -2.39. The zero-order valence-corrected chi connectivity index (χ0v) is 8.80. The number of rotatable bonds is 3. The van der Waals surface area contributed by atoms with Crippen LogP contribution in [0.1, 0.15) is 29.9 Å². The van der Waals surface area contributed by atoms with Crippen LogP contribution in [0.25, 0.3) is 0 Å². The van der Waals surface area contributed by atoms with E-state index in [0.29, 0.717) is 5.92 Å². The largest absolute Gasteiger partial charge is 0.403 e. The first-order chi connectivity index (χ1) is 7.48. The van der Waals surface area contributed by atoms with Crippen molar-refractivity contribution in [2.24, 2.45) is 5.73 Å². The van der Waals surface area contributed by atoms with E-state index in [0.717, 1.165) is 24.0 Å². The van der Waals surface area contributed by atoms with E-state index in [4.69, 9.17) is 5.73 Å². The molecule has 2 N–H and O–H groups in total. The zero-order valence-electron chi connectivity index (χ0n) is 8.80. The fourth-order valence-electron chi connectivity index (χ4n) is 1.87. The maximum absolute atomic E-state index is 12.4. The number of hydrogen-bond donors (Lipinski definition) is 1. The lowest BCUT2D eigenvalue weighted by atomic mass is 9.97. The molecule has 0 spiro atoms. The van der Waals surface area contributed by atoms with E-state index in [1.54, 1.807) is 12.1 Å². The summed E-state index contributed by atoms with van der Waals surface area (Å²) < 4.78 is 37.1. The predicted octanol–water partition coefficient (Wildman–Crippen LogP) is 3.00. The van der Waals surface area contributed by atoms with Gasteiger partial charge < -0.3 is 5.73 Å². The van der Waals surface area contributed by atoms with E-state index >= 15 is 0 Å². The molecular formula is C12H14F3N. The predicted molar refractivity (Wildman–Crippen MR) is 56.2 cm³/mol. The Morgan fingerprint density at radius 1 is 1.25 bits per heavy atom. The van der Waals surface area contributed by atoms with Crippen molar-refractivity contribution in [1.29, 1.82) is 0 Å². The molecule has 1 nitrogen and oxygen atoms in total. The van der Waals surface area contributed by atoms with Crippen LogP contribution in [0, 0.1) is 0 Å². The van der Waals surface area contributed by atoms with Crippen LogP contribution >= 0.6 is 0 Å². The van der Waals surface area contributed by atoms with Gasteiger partial charge in [0.2, 0.25) is 0 Å². The highest BCUT2D eigenvalue weighted by atomic mass is 19.4. The van der Waals surface area contributed by atoms with Gasteiger partial charge in [-0.3, -0.25) is 0 Å². The highest BCUT2D eigenvalue weighted by molar-refractivity contribution is 5.33. The SMILES string of the molecule is NC(Cc1ccccc1C1CC1)C(F)(F)F. The van der Waals surface area contributed by atoms with Gasteiger partial charge in [-0.2, -0.15) is 13.2 Å². The average Bonchev–Trinajstić information content (AvgIpc) is 3.00. The van der Waals surface area contributed by atoms with Crippen molar-refractivity contribution in [1.82, 2.24) is 0 Å². The zero-order chi connectivity index (χ0) is 11.8. The van der Waals surface area contributed by atoms with Crippen LogP contribution in [-0.4, -0.2) is 12.2 Å². The van der Waals surface area contributed by atoms with Crippen LogP contribution in [0.2, 0.25) is 0 Å². The van der Waals surface area contributed by atoms with Crippen molar-refractivity contribution in [2.45, 2.75) is 37.4 Å². The molecule has 88 valence electrons. The molecule has 2 rings (SSSR count). The molecule has 16 heavy (non-hydrogen) atoms. The fraction of sp³-hybridized carbons (Fsp3) is 0.500. The normalized spacial score (nSPS) is 18.5. The fourth-order valence-corrected chi connectivity index (χ4v) is 1.87. The third-order valence-electron chi connectivity index (χ3n) is 2.93. The maximum atomic E-state index is 12.4. The Labute approximate surface area is 92.5 Å². The first-order valence-electron chi connectivity index (χ1n) is 5.38. The van der Waals surface area contributed by atoms with Crippen LogP contribution in [0.4, 0.5) is 13.2 Å². The van der Waals surface area contributed by atoms with Gasteiger partial charge in [0, 0.05) is 0 Å². The van der Waals surface area contributed by atoms with E-state index in [2.05, 4.69) is 0 Å². The lowest BCUT2D eigenvalue weighted by molar-refractivity contribution is -0.147. The van der Waals surface area contributed by atoms with Gasteiger partial charge in [-0.15, -0.1) is 0 Å². The first kappa shape index (κ1) is 11.5. The Bertz CT molecular complexity index is 369. The Kier molecular flexibility index (Phi) is 2.93.